The lowest BCUT2D eigenvalue weighted by atomic mass is 10.0. The molecule has 0 fully saturated rings. The van der Waals surface area contributed by atoms with Crippen LogP contribution < -0.4 is 0 Å². The van der Waals surface area contributed by atoms with Crippen LogP contribution in [-0.4, -0.2) is 28.3 Å². The molecule has 0 bridgehead atoms. The smallest absolute Gasteiger partial charge is 0.331 e. The maximum Gasteiger partial charge on any atom is 0.331 e. The van der Waals surface area contributed by atoms with Crippen molar-refractivity contribution in [3.63, 3.8) is 0 Å². The Kier molecular flexibility index (Phi) is 9.07. The molecule has 0 saturated heterocycles. The number of rotatable bonds is 6. The Morgan fingerprint density at radius 2 is 1.83 bits per heavy atom. The summed E-state index contributed by atoms with van der Waals surface area (Å²) in [7, 11) is 0. The summed E-state index contributed by atoms with van der Waals surface area (Å²) in [5, 5.41) is 9.12. The summed E-state index contributed by atoms with van der Waals surface area (Å²) >= 11 is 0. The van der Waals surface area contributed by atoms with Crippen molar-refractivity contribution >= 4 is 11.8 Å². The van der Waals surface area contributed by atoms with Crippen LogP contribution >= 0.6 is 0 Å². The summed E-state index contributed by atoms with van der Waals surface area (Å²) in [4.78, 5) is 25.9. The van der Waals surface area contributed by atoms with E-state index < -0.39 is 5.97 Å². The van der Waals surface area contributed by atoms with Gasteiger partial charge in [-0.25, -0.2) is 4.79 Å². The minimum atomic E-state index is -0.843. The van der Waals surface area contributed by atoms with E-state index in [-0.39, 0.29) is 5.78 Å². The van der Waals surface area contributed by atoms with Gasteiger partial charge < -0.3 is 10.0 Å². The zero-order valence-corrected chi connectivity index (χ0v) is 18.1. The van der Waals surface area contributed by atoms with Crippen molar-refractivity contribution in [2.75, 3.05) is 6.54 Å². The normalized spacial score (nSPS) is 16.1. The molecule has 158 valence electrons. The fourth-order valence-electron chi connectivity index (χ4n) is 3.29. The van der Waals surface area contributed by atoms with E-state index in [0.717, 1.165) is 30.4 Å². The minimum Gasteiger partial charge on any atom is -0.478 e. The van der Waals surface area contributed by atoms with Crippen molar-refractivity contribution in [3.05, 3.63) is 94.9 Å². The standard InChI is InChI=1S/C24H25NO3.C2H6/c1-18-10-13-20(14-11-18)23(26)22-9-2-3-16-25(22)17-5-7-19-6-4-8-21(15-12-19)24(27)28;1-2/h3,5,7,9-16H,2,4,6,8,17H2,1H3,(H,27,28);1-2H3/b7-5+;. The van der Waals surface area contributed by atoms with Crippen LogP contribution in [0.25, 0.3) is 0 Å². The highest BCUT2D eigenvalue weighted by molar-refractivity contribution is 6.08. The number of carboxylic acids is 1. The van der Waals surface area contributed by atoms with Gasteiger partial charge in [-0.2, -0.15) is 0 Å². The second-order valence-electron chi connectivity index (χ2n) is 7.05. The number of carbonyl (C=O) groups is 2. The highest BCUT2D eigenvalue weighted by atomic mass is 16.4. The van der Waals surface area contributed by atoms with Gasteiger partial charge >= 0.3 is 5.97 Å². The van der Waals surface area contributed by atoms with Crippen LogP contribution in [-0.2, 0) is 4.79 Å². The van der Waals surface area contributed by atoms with E-state index in [9.17, 15) is 9.59 Å². The molecule has 4 heteroatoms. The molecule has 1 heterocycles. The summed E-state index contributed by atoms with van der Waals surface area (Å²) in [6.45, 7) is 6.59. The number of ketones is 1. The third kappa shape index (κ3) is 6.45. The summed E-state index contributed by atoms with van der Waals surface area (Å²) in [6.07, 6.45) is 16.6. The molecule has 0 radical (unpaired) electrons. The molecule has 1 aromatic rings. The Bertz CT molecular complexity index is 899. The van der Waals surface area contributed by atoms with E-state index in [1.54, 1.807) is 6.08 Å². The average Bonchev–Trinajstić information content (AvgIpc) is 3.01. The predicted molar refractivity (Wildman–Crippen MR) is 122 cm³/mol. The second kappa shape index (κ2) is 11.8. The second-order valence-corrected chi connectivity index (χ2v) is 7.05. The molecule has 0 atom stereocenters. The Morgan fingerprint density at radius 3 is 2.53 bits per heavy atom. The number of aliphatic carboxylic acids is 1. The first-order valence-electron chi connectivity index (χ1n) is 10.6. The fourth-order valence-corrected chi connectivity index (χ4v) is 3.29. The van der Waals surface area contributed by atoms with Gasteiger partial charge in [-0.05, 0) is 38.2 Å². The summed E-state index contributed by atoms with van der Waals surface area (Å²) in [5.41, 5.74) is 4.08. The predicted octanol–water partition coefficient (Wildman–Crippen LogP) is 5.98. The Balaban J connectivity index is 0.00000155. The van der Waals surface area contributed by atoms with Gasteiger partial charge in [0, 0.05) is 23.9 Å². The van der Waals surface area contributed by atoms with Gasteiger partial charge in [0.05, 0.1) is 5.70 Å². The van der Waals surface area contributed by atoms with Crippen molar-refractivity contribution in [2.45, 2.75) is 46.5 Å². The molecule has 0 amide bonds. The zero-order chi connectivity index (χ0) is 21.9. The van der Waals surface area contributed by atoms with Crippen LogP contribution in [0.2, 0.25) is 0 Å². The topological polar surface area (TPSA) is 57.6 Å². The van der Waals surface area contributed by atoms with Crippen molar-refractivity contribution in [1.29, 1.82) is 0 Å². The van der Waals surface area contributed by atoms with Crippen LogP contribution in [0.15, 0.2) is 83.8 Å². The van der Waals surface area contributed by atoms with E-state index in [4.69, 9.17) is 5.11 Å². The largest absolute Gasteiger partial charge is 0.478 e. The first-order valence-corrected chi connectivity index (χ1v) is 10.6. The number of nitrogens with zero attached hydrogens (tertiary/aromatic N) is 1. The highest BCUT2D eigenvalue weighted by Gasteiger charge is 2.18. The van der Waals surface area contributed by atoms with Gasteiger partial charge in [0.2, 0.25) is 5.78 Å². The van der Waals surface area contributed by atoms with Gasteiger partial charge in [0.1, 0.15) is 0 Å². The van der Waals surface area contributed by atoms with Crippen molar-refractivity contribution in [1.82, 2.24) is 4.90 Å². The molecule has 30 heavy (non-hydrogen) atoms. The third-order valence-electron chi connectivity index (χ3n) is 4.91. The molecule has 1 aromatic carbocycles. The molecule has 0 spiro atoms. The van der Waals surface area contributed by atoms with Gasteiger partial charge in [-0.1, -0.05) is 80.1 Å². The molecule has 4 nitrogen and oxygen atoms in total. The molecule has 0 aromatic heterocycles. The highest BCUT2D eigenvalue weighted by Crippen LogP contribution is 2.21. The Labute approximate surface area is 179 Å². The number of hydrogen-bond donors (Lipinski definition) is 1. The van der Waals surface area contributed by atoms with Crippen molar-refractivity contribution in [2.24, 2.45) is 0 Å². The van der Waals surface area contributed by atoms with Gasteiger partial charge in [-0.15, -0.1) is 0 Å². The van der Waals surface area contributed by atoms with E-state index in [0.29, 0.717) is 29.8 Å². The molecule has 1 N–H and O–H groups in total. The SMILES string of the molecule is CC.Cc1ccc(C(=O)C2=CCC=CN2C/C=C/C2=CC=C(C(=O)O)CCC2)cc1. The van der Waals surface area contributed by atoms with E-state index >= 15 is 0 Å². The maximum atomic E-state index is 12.9. The molecule has 2 aliphatic rings. The van der Waals surface area contributed by atoms with Gasteiger partial charge in [0.25, 0.3) is 0 Å². The lowest BCUT2D eigenvalue weighted by Crippen LogP contribution is -2.24. The number of carbonyl (C=O) groups excluding carboxylic acids is 1. The van der Waals surface area contributed by atoms with E-state index in [1.165, 1.54) is 0 Å². The third-order valence-corrected chi connectivity index (χ3v) is 4.91. The summed E-state index contributed by atoms with van der Waals surface area (Å²) in [6, 6.07) is 7.64. The van der Waals surface area contributed by atoms with Crippen LogP contribution in [0.3, 0.4) is 0 Å². The molecule has 0 saturated carbocycles. The number of aryl methyl sites for hydroxylation is 1. The lowest BCUT2D eigenvalue weighted by Gasteiger charge is -2.24. The Hall–Kier alpha value is -3.14. The fraction of sp³-hybridized carbons (Fsp3) is 0.308. The van der Waals surface area contributed by atoms with Gasteiger partial charge in [0.15, 0.2) is 0 Å². The zero-order valence-electron chi connectivity index (χ0n) is 18.1. The van der Waals surface area contributed by atoms with Crippen molar-refractivity contribution in [3.8, 4) is 0 Å². The number of carboxylic acid groups (broad SMARTS) is 1. The Morgan fingerprint density at radius 1 is 1.10 bits per heavy atom. The first kappa shape index (κ1) is 23.1. The molecule has 0 unspecified atom stereocenters. The monoisotopic (exact) mass is 405 g/mol. The molecule has 3 rings (SSSR count). The molecule has 1 aliphatic carbocycles. The van der Waals surface area contributed by atoms with Gasteiger partial charge in [-0.3, -0.25) is 4.79 Å². The van der Waals surface area contributed by atoms with Crippen LogP contribution in [0.4, 0.5) is 0 Å². The number of allylic oxidation sites excluding steroid dienone is 7. The summed E-state index contributed by atoms with van der Waals surface area (Å²) < 4.78 is 0. The van der Waals surface area contributed by atoms with Crippen LogP contribution in [0, 0.1) is 6.92 Å². The number of benzene rings is 1. The van der Waals surface area contributed by atoms with E-state index in [2.05, 4.69) is 0 Å². The number of hydrogen-bond acceptors (Lipinski definition) is 3. The minimum absolute atomic E-state index is 0.0282. The average molecular weight is 406 g/mol. The van der Waals surface area contributed by atoms with Crippen LogP contribution in [0.5, 0.6) is 0 Å². The quantitative estimate of drug-likeness (QED) is 0.591. The van der Waals surface area contributed by atoms with Crippen molar-refractivity contribution < 1.29 is 14.7 Å². The summed E-state index contributed by atoms with van der Waals surface area (Å²) in [5.74, 6) is -0.815. The lowest BCUT2D eigenvalue weighted by molar-refractivity contribution is -0.132. The molecule has 1 aliphatic heterocycles. The first-order chi connectivity index (χ1) is 14.5. The van der Waals surface area contributed by atoms with E-state index in [1.807, 2.05) is 86.5 Å². The number of Topliss-reactive ketones (excluding diaryl/α,β-unsaturated/α-hetero) is 1. The van der Waals surface area contributed by atoms with Crippen LogP contribution in [0.1, 0.15) is 55.5 Å². The molecular formula is C26H31NO3. The maximum absolute atomic E-state index is 12.9. The molecular weight excluding hydrogens is 374 g/mol.